The average molecular weight is 388 g/mol. The van der Waals surface area contributed by atoms with Crippen molar-refractivity contribution in [2.75, 3.05) is 18.1 Å². The van der Waals surface area contributed by atoms with Gasteiger partial charge in [-0.25, -0.2) is 0 Å². The third-order valence-electron chi connectivity index (χ3n) is 4.29. The molecule has 0 bridgehead atoms. The lowest BCUT2D eigenvalue weighted by atomic mass is 9.86. The summed E-state index contributed by atoms with van der Waals surface area (Å²) in [6.45, 7) is 7.20. The summed E-state index contributed by atoms with van der Waals surface area (Å²) in [5.74, 6) is 0.772. The van der Waals surface area contributed by atoms with Crippen molar-refractivity contribution in [2.24, 2.45) is 0 Å². The molecular weight excluding hydrogens is 366 g/mol. The van der Waals surface area contributed by atoms with Crippen LogP contribution in [-0.2, 0) is 16.6 Å². The molecule has 3 rings (SSSR count). The fraction of sp³-hybridized carbons (Fsp3) is 0.350. The number of amides is 1. The molecule has 0 fully saturated rings. The van der Waals surface area contributed by atoms with Gasteiger partial charge >= 0.3 is 0 Å². The lowest BCUT2D eigenvalue weighted by Crippen LogP contribution is -2.33. The van der Waals surface area contributed by atoms with E-state index in [-0.39, 0.29) is 17.9 Å². The molecule has 126 valence electrons. The second-order valence-corrected chi connectivity index (χ2v) is 8.02. The summed E-state index contributed by atoms with van der Waals surface area (Å²) in [6.07, 6.45) is 0.910. The number of carbonyl (C=O) groups excluding carboxylic acids is 1. The van der Waals surface area contributed by atoms with Crippen molar-refractivity contribution in [3.63, 3.8) is 0 Å². The van der Waals surface area contributed by atoms with E-state index in [1.165, 1.54) is 5.56 Å². The molecule has 0 aromatic heterocycles. The van der Waals surface area contributed by atoms with E-state index in [0.717, 1.165) is 34.4 Å². The Morgan fingerprint density at radius 2 is 1.96 bits per heavy atom. The van der Waals surface area contributed by atoms with Gasteiger partial charge in [0.1, 0.15) is 5.75 Å². The second kappa shape index (κ2) is 6.60. The summed E-state index contributed by atoms with van der Waals surface area (Å²) in [6, 6.07) is 14.0. The summed E-state index contributed by atoms with van der Waals surface area (Å²) in [7, 11) is 0. The number of rotatable bonds is 3. The highest BCUT2D eigenvalue weighted by atomic mass is 79.9. The van der Waals surface area contributed by atoms with E-state index in [9.17, 15) is 4.79 Å². The lowest BCUT2D eigenvalue weighted by molar-refractivity contribution is -0.120. The van der Waals surface area contributed by atoms with Gasteiger partial charge in [-0.15, -0.1) is 0 Å². The molecule has 3 nitrogen and oxygen atoms in total. The number of benzene rings is 2. The molecule has 0 atom stereocenters. The van der Waals surface area contributed by atoms with Gasteiger partial charge in [0, 0.05) is 22.3 Å². The van der Waals surface area contributed by atoms with Gasteiger partial charge in [-0.1, -0.05) is 54.9 Å². The number of para-hydroxylation sites is 1. The Kier molecular flexibility index (Phi) is 4.68. The van der Waals surface area contributed by atoms with E-state index in [2.05, 4.69) is 48.8 Å². The quantitative estimate of drug-likeness (QED) is 0.762. The van der Waals surface area contributed by atoms with Crippen molar-refractivity contribution in [3.8, 4) is 5.75 Å². The van der Waals surface area contributed by atoms with E-state index in [4.69, 9.17) is 4.74 Å². The van der Waals surface area contributed by atoms with Crippen molar-refractivity contribution >= 4 is 27.5 Å². The van der Waals surface area contributed by atoms with Gasteiger partial charge in [0.25, 0.3) is 5.91 Å². The first-order chi connectivity index (χ1) is 11.4. The molecule has 0 unspecified atom stereocenters. The maximum Gasteiger partial charge on any atom is 0.264 e. The predicted molar refractivity (Wildman–Crippen MR) is 101 cm³/mol. The first-order valence-corrected chi connectivity index (χ1v) is 8.96. The molecule has 2 aromatic carbocycles. The van der Waals surface area contributed by atoms with Gasteiger partial charge < -0.3 is 9.64 Å². The number of hydrogen-bond donors (Lipinski definition) is 0. The van der Waals surface area contributed by atoms with Gasteiger partial charge in [0.05, 0.1) is 0 Å². The highest BCUT2D eigenvalue weighted by Gasteiger charge is 2.25. The number of anilines is 1. The van der Waals surface area contributed by atoms with Crippen molar-refractivity contribution in [2.45, 2.75) is 32.6 Å². The molecule has 0 radical (unpaired) electrons. The van der Waals surface area contributed by atoms with Crippen LogP contribution < -0.4 is 9.64 Å². The van der Waals surface area contributed by atoms with Crippen LogP contribution in [0.15, 0.2) is 46.9 Å². The summed E-state index contributed by atoms with van der Waals surface area (Å²) >= 11 is 3.51. The van der Waals surface area contributed by atoms with E-state index < -0.39 is 0 Å². The molecule has 0 aliphatic carbocycles. The molecule has 24 heavy (non-hydrogen) atoms. The van der Waals surface area contributed by atoms with Crippen LogP contribution in [0.5, 0.6) is 5.75 Å². The Bertz CT molecular complexity index is 764. The Hall–Kier alpha value is -1.81. The zero-order valence-corrected chi connectivity index (χ0v) is 15.9. The number of halogens is 1. The van der Waals surface area contributed by atoms with Gasteiger partial charge in [0.2, 0.25) is 0 Å². The van der Waals surface area contributed by atoms with Crippen molar-refractivity contribution in [1.29, 1.82) is 0 Å². The third-order valence-corrected chi connectivity index (χ3v) is 4.78. The van der Waals surface area contributed by atoms with Gasteiger partial charge in [-0.05, 0) is 41.7 Å². The third kappa shape index (κ3) is 3.48. The maximum absolute atomic E-state index is 12.6. The van der Waals surface area contributed by atoms with E-state index >= 15 is 0 Å². The monoisotopic (exact) mass is 387 g/mol. The molecular formula is C20H22BrNO2. The smallest absolute Gasteiger partial charge is 0.264 e. The Morgan fingerprint density at radius 3 is 2.71 bits per heavy atom. The minimum atomic E-state index is -0.0532. The highest BCUT2D eigenvalue weighted by molar-refractivity contribution is 9.10. The number of nitrogens with zero attached hydrogens (tertiary/aromatic N) is 1. The lowest BCUT2D eigenvalue weighted by Gasteiger charge is -2.24. The molecule has 0 spiro atoms. The number of carbonyl (C=O) groups is 1. The van der Waals surface area contributed by atoms with E-state index in [1.54, 1.807) is 0 Å². The Balaban J connectivity index is 1.74. The molecule has 0 saturated carbocycles. The first-order valence-electron chi connectivity index (χ1n) is 8.17. The topological polar surface area (TPSA) is 29.5 Å². The average Bonchev–Trinajstić information content (AvgIpc) is 2.96. The zero-order chi connectivity index (χ0) is 17.3. The largest absolute Gasteiger partial charge is 0.483 e. The van der Waals surface area contributed by atoms with Crippen molar-refractivity contribution < 1.29 is 9.53 Å². The number of hydrogen-bond acceptors (Lipinski definition) is 2. The van der Waals surface area contributed by atoms with Gasteiger partial charge in [-0.3, -0.25) is 4.79 Å². The highest BCUT2D eigenvalue weighted by Crippen LogP contribution is 2.34. The van der Waals surface area contributed by atoms with Crippen LogP contribution in [0, 0.1) is 0 Å². The molecule has 2 aromatic rings. The summed E-state index contributed by atoms with van der Waals surface area (Å²) in [5, 5.41) is 0. The van der Waals surface area contributed by atoms with E-state index in [1.807, 2.05) is 35.2 Å². The van der Waals surface area contributed by atoms with Gasteiger partial charge in [-0.2, -0.15) is 0 Å². The second-order valence-electron chi connectivity index (χ2n) is 7.10. The standard InChI is InChI=1S/C20H22BrNO2/c1-20(2,3)16-12-15(21)8-9-18(16)24-13-19(23)22-11-10-14-6-4-5-7-17(14)22/h4-9,12H,10-11,13H2,1-3H3. The SMILES string of the molecule is CC(C)(C)c1cc(Br)ccc1OCC(=O)N1CCc2ccccc21. The molecule has 1 amide bonds. The minimum absolute atomic E-state index is 0.00253. The van der Waals surface area contributed by atoms with Crippen LogP contribution >= 0.6 is 15.9 Å². The molecule has 1 aliphatic rings. The first kappa shape index (κ1) is 17.0. The summed E-state index contributed by atoms with van der Waals surface area (Å²) in [4.78, 5) is 14.4. The van der Waals surface area contributed by atoms with E-state index in [0.29, 0.717) is 0 Å². The molecule has 0 N–H and O–H groups in total. The fourth-order valence-electron chi connectivity index (χ4n) is 3.03. The number of ether oxygens (including phenoxy) is 1. The summed E-state index contributed by atoms with van der Waals surface area (Å²) in [5.41, 5.74) is 3.27. The van der Waals surface area contributed by atoms with Gasteiger partial charge in [0.15, 0.2) is 6.61 Å². The molecule has 0 saturated heterocycles. The Labute approximate surface area is 151 Å². The van der Waals surface area contributed by atoms with Crippen LogP contribution in [0.2, 0.25) is 0 Å². The Morgan fingerprint density at radius 1 is 1.21 bits per heavy atom. The van der Waals surface area contributed by atoms with Crippen LogP contribution in [0.1, 0.15) is 31.9 Å². The summed E-state index contributed by atoms with van der Waals surface area (Å²) < 4.78 is 6.91. The fourth-order valence-corrected chi connectivity index (χ4v) is 3.39. The van der Waals surface area contributed by atoms with Crippen LogP contribution in [0.25, 0.3) is 0 Å². The van der Waals surface area contributed by atoms with Crippen molar-refractivity contribution in [1.82, 2.24) is 0 Å². The predicted octanol–water partition coefficient (Wildman–Crippen LogP) is 4.71. The number of fused-ring (bicyclic) bond motifs is 1. The van der Waals surface area contributed by atoms with Crippen molar-refractivity contribution in [3.05, 3.63) is 58.1 Å². The molecule has 1 heterocycles. The zero-order valence-electron chi connectivity index (χ0n) is 14.3. The van der Waals surface area contributed by atoms with Crippen LogP contribution in [0.3, 0.4) is 0 Å². The molecule has 1 aliphatic heterocycles. The normalized spacial score (nSPS) is 13.8. The maximum atomic E-state index is 12.6. The molecule has 4 heteroatoms. The van der Waals surface area contributed by atoms with Crippen LogP contribution in [0.4, 0.5) is 5.69 Å². The minimum Gasteiger partial charge on any atom is -0.483 e. The van der Waals surface area contributed by atoms with Crippen LogP contribution in [-0.4, -0.2) is 19.1 Å².